The smallest absolute Gasteiger partial charge is 0.234 e. The highest BCUT2D eigenvalue weighted by Crippen LogP contribution is 2.25. The molecule has 0 aliphatic rings. The van der Waals surface area contributed by atoms with E-state index in [1.165, 1.54) is 36.0 Å². The van der Waals surface area contributed by atoms with Crippen LogP contribution in [0, 0.1) is 12.7 Å². The molecule has 3 aromatic rings. The molecule has 0 bridgehead atoms. The first-order valence-corrected chi connectivity index (χ1v) is 9.74. The number of carbonyl (C=O) groups excluding carboxylic acids is 1. The van der Waals surface area contributed by atoms with Gasteiger partial charge in [0, 0.05) is 17.8 Å². The molecule has 0 radical (unpaired) electrons. The van der Waals surface area contributed by atoms with Crippen LogP contribution in [0.1, 0.15) is 18.9 Å². The Morgan fingerprint density at radius 3 is 2.67 bits per heavy atom. The van der Waals surface area contributed by atoms with Crippen LogP contribution in [0.2, 0.25) is 0 Å². The molecular weight excluding hydrogens is 363 g/mol. The molecule has 3 rings (SSSR count). The lowest BCUT2D eigenvalue weighted by atomic mass is 10.1. The van der Waals surface area contributed by atoms with Crippen LogP contribution in [0.4, 0.5) is 10.1 Å². The quantitative estimate of drug-likeness (QED) is 0.608. The number of rotatable bonds is 7. The van der Waals surface area contributed by atoms with E-state index in [0.29, 0.717) is 10.8 Å². The van der Waals surface area contributed by atoms with Crippen molar-refractivity contribution in [2.24, 2.45) is 0 Å². The van der Waals surface area contributed by atoms with Crippen molar-refractivity contribution in [1.29, 1.82) is 0 Å². The van der Waals surface area contributed by atoms with Gasteiger partial charge in [-0.2, -0.15) is 0 Å². The highest BCUT2D eigenvalue weighted by atomic mass is 32.2. The number of benzene rings is 2. The molecule has 7 heteroatoms. The summed E-state index contributed by atoms with van der Waals surface area (Å²) in [5, 5.41) is 12.1. The fourth-order valence-corrected chi connectivity index (χ4v) is 3.44. The average molecular weight is 384 g/mol. The minimum absolute atomic E-state index is 0.172. The Kier molecular flexibility index (Phi) is 6.24. The molecule has 140 valence electrons. The van der Waals surface area contributed by atoms with Crippen molar-refractivity contribution in [3.8, 4) is 11.4 Å². The molecule has 1 amide bonds. The monoisotopic (exact) mass is 384 g/mol. The van der Waals surface area contributed by atoms with Crippen LogP contribution in [0.3, 0.4) is 0 Å². The van der Waals surface area contributed by atoms with Gasteiger partial charge in [0.05, 0.1) is 5.75 Å². The number of aromatic nitrogens is 3. The number of nitrogens with one attached hydrogen (secondary N) is 1. The Morgan fingerprint density at radius 2 is 1.96 bits per heavy atom. The lowest BCUT2D eigenvalue weighted by molar-refractivity contribution is -0.113. The fraction of sp³-hybridized carbons (Fsp3) is 0.250. The van der Waals surface area contributed by atoms with E-state index in [2.05, 4.69) is 28.5 Å². The molecule has 1 N–H and O–H groups in total. The standard InChI is InChI=1S/C20H21FN4OS/c1-3-11-25-19(15-6-4-5-14(2)12-15)23-24-20(25)27-13-18(26)22-17-9-7-16(21)8-10-17/h4-10,12H,3,11,13H2,1-2H3,(H,22,26). The average Bonchev–Trinajstić information content (AvgIpc) is 3.05. The summed E-state index contributed by atoms with van der Waals surface area (Å²) in [4.78, 5) is 12.2. The molecular formula is C20H21FN4OS. The summed E-state index contributed by atoms with van der Waals surface area (Å²) in [5.41, 5.74) is 2.74. The van der Waals surface area contributed by atoms with Crippen LogP contribution in [0.5, 0.6) is 0 Å². The summed E-state index contributed by atoms with van der Waals surface area (Å²) < 4.78 is 15.0. The maximum atomic E-state index is 12.9. The highest BCUT2D eigenvalue weighted by Gasteiger charge is 2.15. The summed E-state index contributed by atoms with van der Waals surface area (Å²) in [7, 11) is 0. The first-order chi connectivity index (χ1) is 13.1. The minimum atomic E-state index is -0.335. The van der Waals surface area contributed by atoms with Gasteiger partial charge in [0.15, 0.2) is 11.0 Å². The number of anilines is 1. The normalized spacial score (nSPS) is 10.8. The Balaban J connectivity index is 1.71. The van der Waals surface area contributed by atoms with E-state index in [1.54, 1.807) is 0 Å². The number of halogens is 1. The Hall–Kier alpha value is -2.67. The zero-order valence-corrected chi connectivity index (χ0v) is 16.1. The van der Waals surface area contributed by atoms with Crippen molar-refractivity contribution >= 4 is 23.4 Å². The molecule has 0 spiro atoms. The lowest BCUT2D eigenvalue weighted by Crippen LogP contribution is -2.14. The number of aryl methyl sites for hydroxylation is 1. The van der Waals surface area contributed by atoms with Crippen molar-refractivity contribution in [3.05, 3.63) is 59.9 Å². The Labute approximate surface area is 162 Å². The summed E-state index contributed by atoms with van der Waals surface area (Å²) in [6.45, 7) is 4.91. The number of hydrogen-bond acceptors (Lipinski definition) is 4. The fourth-order valence-electron chi connectivity index (χ4n) is 2.68. The first-order valence-electron chi connectivity index (χ1n) is 8.75. The zero-order valence-electron chi connectivity index (χ0n) is 15.3. The number of amides is 1. The van der Waals surface area contributed by atoms with Gasteiger partial charge in [-0.1, -0.05) is 42.4 Å². The van der Waals surface area contributed by atoms with Gasteiger partial charge in [-0.25, -0.2) is 4.39 Å². The first kappa shape index (κ1) is 19.1. The summed E-state index contributed by atoms with van der Waals surface area (Å²) >= 11 is 1.34. The summed E-state index contributed by atoms with van der Waals surface area (Å²) in [6, 6.07) is 13.8. The summed E-state index contributed by atoms with van der Waals surface area (Å²) in [5.74, 6) is 0.503. The third-order valence-corrected chi connectivity index (χ3v) is 4.87. The third-order valence-electron chi connectivity index (χ3n) is 3.90. The van der Waals surface area contributed by atoms with Crippen LogP contribution < -0.4 is 5.32 Å². The molecule has 0 fully saturated rings. The van der Waals surface area contributed by atoms with Crippen LogP contribution in [-0.2, 0) is 11.3 Å². The number of thioether (sulfide) groups is 1. The zero-order chi connectivity index (χ0) is 19.2. The van der Waals surface area contributed by atoms with Crippen molar-refractivity contribution in [3.63, 3.8) is 0 Å². The SMILES string of the molecule is CCCn1c(SCC(=O)Nc2ccc(F)cc2)nnc1-c1cccc(C)c1. The van der Waals surface area contributed by atoms with Gasteiger partial charge in [-0.15, -0.1) is 10.2 Å². The topological polar surface area (TPSA) is 59.8 Å². The van der Waals surface area contributed by atoms with Crippen molar-refractivity contribution in [1.82, 2.24) is 14.8 Å². The predicted molar refractivity (Wildman–Crippen MR) is 106 cm³/mol. The second kappa shape index (κ2) is 8.81. The van der Waals surface area contributed by atoms with E-state index in [1.807, 2.05) is 29.7 Å². The van der Waals surface area contributed by atoms with E-state index in [9.17, 15) is 9.18 Å². The van der Waals surface area contributed by atoms with E-state index >= 15 is 0 Å². The lowest BCUT2D eigenvalue weighted by Gasteiger charge is -2.09. The second-order valence-corrected chi connectivity index (χ2v) is 7.11. The van der Waals surface area contributed by atoms with Crippen molar-refractivity contribution in [2.75, 3.05) is 11.1 Å². The van der Waals surface area contributed by atoms with E-state index in [0.717, 1.165) is 29.9 Å². The van der Waals surface area contributed by atoms with Crippen molar-refractivity contribution < 1.29 is 9.18 Å². The molecule has 0 aliphatic carbocycles. The predicted octanol–water partition coefficient (Wildman–Crippen LogP) is 4.53. The Morgan fingerprint density at radius 1 is 1.19 bits per heavy atom. The van der Waals surface area contributed by atoms with Crippen LogP contribution >= 0.6 is 11.8 Å². The van der Waals surface area contributed by atoms with Gasteiger partial charge < -0.3 is 9.88 Å². The van der Waals surface area contributed by atoms with E-state index < -0.39 is 0 Å². The summed E-state index contributed by atoms with van der Waals surface area (Å²) in [6.07, 6.45) is 0.937. The molecule has 5 nitrogen and oxygen atoms in total. The van der Waals surface area contributed by atoms with E-state index in [-0.39, 0.29) is 17.5 Å². The van der Waals surface area contributed by atoms with E-state index in [4.69, 9.17) is 0 Å². The Bertz CT molecular complexity index is 924. The molecule has 1 heterocycles. The maximum Gasteiger partial charge on any atom is 0.234 e. The number of hydrogen-bond donors (Lipinski definition) is 1. The van der Waals surface area contributed by atoms with Crippen LogP contribution in [-0.4, -0.2) is 26.4 Å². The molecule has 0 unspecified atom stereocenters. The number of nitrogens with zero attached hydrogens (tertiary/aromatic N) is 3. The van der Waals surface area contributed by atoms with Gasteiger partial charge in [0.25, 0.3) is 0 Å². The van der Waals surface area contributed by atoms with Gasteiger partial charge in [0.1, 0.15) is 5.82 Å². The maximum absolute atomic E-state index is 12.9. The molecule has 0 saturated carbocycles. The molecule has 27 heavy (non-hydrogen) atoms. The van der Waals surface area contributed by atoms with Gasteiger partial charge in [-0.05, 0) is 43.7 Å². The van der Waals surface area contributed by atoms with Crippen LogP contribution in [0.25, 0.3) is 11.4 Å². The second-order valence-electron chi connectivity index (χ2n) is 6.17. The molecule has 0 saturated heterocycles. The molecule has 0 atom stereocenters. The highest BCUT2D eigenvalue weighted by molar-refractivity contribution is 7.99. The molecule has 2 aromatic carbocycles. The number of carbonyl (C=O) groups is 1. The van der Waals surface area contributed by atoms with Crippen LogP contribution in [0.15, 0.2) is 53.7 Å². The largest absolute Gasteiger partial charge is 0.325 e. The van der Waals surface area contributed by atoms with Gasteiger partial charge in [0.2, 0.25) is 5.91 Å². The minimum Gasteiger partial charge on any atom is -0.325 e. The molecule has 0 aliphatic heterocycles. The van der Waals surface area contributed by atoms with Gasteiger partial charge in [-0.3, -0.25) is 4.79 Å². The van der Waals surface area contributed by atoms with Crippen molar-refractivity contribution in [2.45, 2.75) is 32.0 Å². The molecule has 1 aromatic heterocycles. The third kappa shape index (κ3) is 4.95. The van der Waals surface area contributed by atoms with Gasteiger partial charge >= 0.3 is 0 Å².